The van der Waals surface area contributed by atoms with Gasteiger partial charge in [-0.05, 0) is 19.9 Å². The molecule has 0 fully saturated rings. The van der Waals surface area contributed by atoms with Gasteiger partial charge in [0.15, 0.2) is 5.75 Å². The number of nitrogens with zero attached hydrogens (tertiary/aromatic N) is 2. The minimum Gasteiger partial charge on any atom is -0.484 e. The van der Waals surface area contributed by atoms with Crippen molar-refractivity contribution in [3.63, 3.8) is 0 Å². The molecule has 90 valence electrons. The van der Waals surface area contributed by atoms with Crippen molar-refractivity contribution in [2.24, 2.45) is 5.73 Å². The van der Waals surface area contributed by atoms with Crippen LogP contribution in [0.15, 0.2) is 18.2 Å². The van der Waals surface area contributed by atoms with E-state index in [-0.39, 0.29) is 18.0 Å². The molecule has 1 rings (SSSR count). The molecule has 0 radical (unpaired) electrons. The van der Waals surface area contributed by atoms with Crippen LogP contribution in [0.3, 0.4) is 0 Å². The fourth-order valence-corrected chi connectivity index (χ4v) is 1.24. The lowest BCUT2D eigenvalue weighted by molar-refractivity contribution is -0.386. The molecule has 0 spiro atoms. The van der Waals surface area contributed by atoms with Crippen molar-refractivity contribution in [3.05, 3.63) is 33.9 Å². The number of nitro groups is 1. The first-order valence-electron chi connectivity index (χ1n) is 4.94. The predicted octanol–water partition coefficient (Wildman–Crippen LogP) is 1.52. The van der Waals surface area contributed by atoms with Gasteiger partial charge < -0.3 is 10.5 Å². The number of nitriles is 1. The van der Waals surface area contributed by atoms with E-state index in [1.165, 1.54) is 13.0 Å². The SMILES string of the molecule is Cc1cccc(OCC(C)(N)C#N)c1[N+](=O)[O-]. The van der Waals surface area contributed by atoms with Crippen LogP contribution in [0.5, 0.6) is 5.75 Å². The quantitative estimate of drug-likeness (QED) is 0.629. The van der Waals surface area contributed by atoms with Gasteiger partial charge in [-0.2, -0.15) is 5.26 Å². The zero-order valence-electron chi connectivity index (χ0n) is 9.64. The monoisotopic (exact) mass is 235 g/mol. The fraction of sp³-hybridized carbons (Fsp3) is 0.364. The number of rotatable bonds is 4. The number of benzene rings is 1. The van der Waals surface area contributed by atoms with Crippen LogP contribution in [-0.2, 0) is 0 Å². The average Bonchev–Trinajstić information content (AvgIpc) is 2.26. The molecule has 0 aliphatic rings. The number of hydrogen-bond donors (Lipinski definition) is 1. The van der Waals surface area contributed by atoms with E-state index in [9.17, 15) is 10.1 Å². The van der Waals surface area contributed by atoms with Gasteiger partial charge in [0, 0.05) is 5.56 Å². The highest BCUT2D eigenvalue weighted by Crippen LogP contribution is 2.30. The van der Waals surface area contributed by atoms with Crippen molar-refractivity contribution in [2.45, 2.75) is 19.4 Å². The van der Waals surface area contributed by atoms with Gasteiger partial charge in [-0.25, -0.2) is 0 Å². The summed E-state index contributed by atoms with van der Waals surface area (Å²) < 4.78 is 5.25. The Morgan fingerprint density at radius 1 is 1.65 bits per heavy atom. The minimum atomic E-state index is -1.17. The van der Waals surface area contributed by atoms with E-state index < -0.39 is 10.5 Å². The number of hydrogen-bond acceptors (Lipinski definition) is 5. The summed E-state index contributed by atoms with van der Waals surface area (Å²) in [6, 6.07) is 6.62. The highest BCUT2D eigenvalue weighted by molar-refractivity contribution is 5.52. The molecule has 6 heteroatoms. The second kappa shape index (κ2) is 4.80. The van der Waals surface area contributed by atoms with Crippen LogP contribution in [0.2, 0.25) is 0 Å². The second-order valence-corrected chi connectivity index (χ2v) is 4.00. The van der Waals surface area contributed by atoms with Crippen LogP contribution < -0.4 is 10.5 Å². The van der Waals surface area contributed by atoms with Crippen LogP contribution >= 0.6 is 0 Å². The van der Waals surface area contributed by atoms with Crippen LogP contribution in [0.4, 0.5) is 5.69 Å². The molecule has 2 N–H and O–H groups in total. The molecule has 0 saturated heterocycles. The normalized spacial score (nSPS) is 13.5. The largest absolute Gasteiger partial charge is 0.484 e. The Morgan fingerprint density at radius 3 is 2.82 bits per heavy atom. The van der Waals surface area contributed by atoms with E-state index in [0.29, 0.717) is 5.56 Å². The van der Waals surface area contributed by atoms with Gasteiger partial charge in [0.25, 0.3) is 0 Å². The molecular weight excluding hydrogens is 222 g/mol. The van der Waals surface area contributed by atoms with E-state index in [1.807, 2.05) is 6.07 Å². The Morgan fingerprint density at radius 2 is 2.29 bits per heavy atom. The lowest BCUT2D eigenvalue weighted by atomic mass is 10.1. The molecule has 0 saturated carbocycles. The van der Waals surface area contributed by atoms with Crippen molar-refractivity contribution in [3.8, 4) is 11.8 Å². The maximum Gasteiger partial charge on any atom is 0.313 e. The Kier molecular flexibility index (Phi) is 3.66. The first-order valence-corrected chi connectivity index (χ1v) is 4.94. The van der Waals surface area contributed by atoms with Crippen LogP contribution in [0, 0.1) is 28.4 Å². The van der Waals surface area contributed by atoms with Crippen molar-refractivity contribution >= 4 is 5.69 Å². The lowest BCUT2D eigenvalue weighted by Crippen LogP contribution is -2.40. The highest BCUT2D eigenvalue weighted by atomic mass is 16.6. The summed E-state index contributed by atoms with van der Waals surface area (Å²) in [5, 5.41) is 19.6. The second-order valence-electron chi connectivity index (χ2n) is 4.00. The predicted molar refractivity (Wildman–Crippen MR) is 61.5 cm³/mol. The van der Waals surface area contributed by atoms with Gasteiger partial charge in [-0.3, -0.25) is 10.1 Å². The summed E-state index contributed by atoms with van der Waals surface area (Å²) in [5.74, 6) is 0.127. The van der Waals surface area contributed by atoms with E-state index in [2.05, 4.69) is 0 Å². The number of para-hydroxylation sites is 1. The van der Waals surface area contributed by atoms with Gasteiger partial charge in [0.2, 0.25) is 0 Å². The number of nitro benzene ring substituents is 1. The molecule has 0 aromatic heterocycles. The standard InChI is InChI=1S/C11H13N3O3/c1-8-4-3-5-9(10(8)14(15)16)17-7-11(2,13)6-12/h3-5H,7,13H2,1-2H3. The first kappa shape index (κ1) is 12.9. The molecule has 0 heterocycles. The Hall–Kier alpha value is -2.13. The molecule has 6 nitrogen and oxygen atoms in total. The van der Waals surface area contributed by atoms with Gasteiger partial charge in [-0.1, -0.05) is 12.1 Å². The van der Waals surface area contributed by atoms with Gasteiger partial charge in [0.1, 0.15) is 12.1 Å². The van der Waals surface area contributed by atoms with E-state index in [1.54, 1.807) is 19.1 Å². The molecular formula is C11H13N3O3. The maximum atomic E-state index is 10.9. The van der Waals surface area contributed by atoms with Crippen molar-refractivity contribution in [1.29, 1.82) is 5.26 Å². The van der Waals surface area contributed by atoms with Gasteiger partial charge in [-0.15, -0.1) is 0 Å². The summed E-state index contributed by atoms with van der Waals surface area (Å²) >= 11 is 0. The summed E-state index contributed by atoms with van der Waals surface area (Å²) in [6.07, 6.45) is 0. The zero-order valence-corrected chi connectivity index (χ0v) is 9.64. The lowest BCUT2D eigenvalue weighted by Gasteiger charge is -2.16. The molecule has 1 atom stereocenters. The summed E-state index contributed by atoms with van der Waals surface area (Å²) in [5.41, 5.74) is 4.81. The zero-order chi connectivity index (χ0) is 13.1. The molecule has 0 bridgehead atoms. The van der Waals surface area contributed by atoms with E-state index in [0.717, 1.165) is 0 Å². The van der Waals surface area contributed by atoms with Gasteiger partial charge in [0.05, 0.1) is 11.0 Å². The van der Waals surface area contributed by atoms with Gasteiger partial charge >= 0.3 is 5.69 Å². The van der Waals surface area contributed by atoms with Crippen molar-refractivity contribution in [2.75, 3.05) is 6.61 Å². The smallest absolute Gasteiger partial charge is 0.313 e. The third-order valence-corrected chi connectivity index (χ3v) is 2.17. The molecule has 0 aliphatic heterocycles. The number of aryl methyl sites for hydroxylation is 1. The number of nitrogens with two attached hydrogens (primary N) is 1. The molecule has 0 amide bonds. The third-order valence-electron chi connectivity index (χ3n) is 2.17. The molecule has 17 heavy (non-hydrogen) atoms. The van der Waals surface area contributed by atoms with Crippen LogP contribution in [0.1, 0.15) is 12.5 Å². The van der Waals surface area contributed by atoms with E-state index in [4.69, 9.17) is 15.7 Å². The topological polar surface area (TPSA) is 102 Å². The summed E-state index contributed by atoms with van der Waals surface area (Å²) in [4.78, 5) is 10.4. The van der Waals surface area contributed by atoms with Crippen molar-refractivity contribution in [1.82, 2.24) is 0 Å². The number of ether oxygens (including phenoxy) is 1. The molecule has 1 aromatic carbocycles. The van der Waals surface area contributed by atoms with Crippen LogP contribution in [-0.4, -0.2) is 17.1 Å². The Bertz CT molecular complexity index is 477. The summed E-state index contributed by atoms with van der Waals surface area (Å²) in [6.45, 7) is 3.01. The third kappa shape index (κ3) is 3.16. The summed E-state index contributed by atoms with van der Waals surface area (Å²) in [7, 11) is 0. The highest BCUT2D eigenvalue weighted by Gasteiger charge is 2.23. The molecule has 1 aromatic rings. The molecule has 1 unspecified atom stereocenters. The average molecular weight is 235 g/mol. The first-order chi connectivity index (χ1) is 7.87. The van der Waals surface area contributed by atoms with Crippen LogP contribution in [0.25, 0.3) is 0 Å². The van der Waals surface area contributed by atoms with E-state index >= 15 is 0 Å². The molecule has 0 aliphatic carbocycles. The van der Waals surface area contributed by atoms with Crippen molar-refractivity contribution < 1.29 is 9.66 Å². The maximum absolute atomic E-state index is 10.9. The Labute approximate surface area is 98.8 Å². The Balaban J connectivity index is 2.97. The fourth-order valence-electron chi connectivity index (χ4n) is 1.24. The minimum absolute atomic E-state index is 0.0961.